The normalized spacial score (nSPS) is 21.5. The van der Waals surface area contributed by atoms with Crippen LogP contribution in [0.4, 0.5) is 0 Å². The van der Waals surface area contributed by atoms with Gasteiger partial charge in [0, 0.05) is 6.54 Å². The molecule has 1 aliphatic rings. The molecule has 0 unspecified atom stereocenters. The molecule has 1 atom stereocenters. The molecule has 1 fully saturated rings. The lowest BCUT2D eigenvalue weighted by atomic mass is 10.1. The fourth-order valence-corrected chi connectivity index (χ4v) is 2.32. The highest BCUT2D eigenvalue weighted by atomic mass is 32.1. The summed E-state index contributed by atoms with van der Waals surface area (Å²) in [5.41, 5.74) is 0. The highest BCUT2D eigenvalue weighted by Gasteiger charge is 2.15. The predicted molar refractivity (Wildman–Crippen MR) is 60.5 cm³/mol. The van der Waals surface area contributed by atoms with Crippen molar-refractivity contribution in [1.29, 1.82) is 0 Å². The molecule has 82 valence electrons. The summed E-state index contributed by atoms with van der Waals surface area (Å²) in [6.45, 7) is 2.16. The van der Waals surface area contributed by atoms with Crippen LogP contribution in [-0.4, -0.2) is 31.6 Å². The number of piperidine rings is 1. The number of thiophene rings is 1. The van der Waals surface area contributed by atoms with Gasteiger partial charge in [-0.2, -0.15) is 0 Å². The van der Waals surface area contributed by atoms with Crippen molar-refractivity contribution in [3.63, 3.8) is 0 Å². The molecule has 1 aliphatic heterocycles. The summed E-state index contributed by atoms with van der Waals surface area (Å²) in [5, 5.41) is 5.17. The van der Waals surface area contributed by atoms with Crippen LogP contribution in [0.15, 0.2) is 17.5 Å². The summed E-state index contributed by atoms with van der Waals surface area (Å²) in [4.78, 5) is 12.4. The Morgan fingerprint density at radius 3 is 3.27 bits per heavy atom. The van der Waals surface area contributed by atoms with Crippen LogP contribution in [-0.2, 0) is 4.74 Å². The number of ether oxygens (including phenoxy) is 1. The molecule has 0 spiro atoms. The van der Waals surface area contributed by atoms with Crippen LogP contribution in [0.2, 0.25) is 0 Å². The summed E-state index contributed by atoms with van der Waals surface area (Å²) < 4.78 is 5.56. The number of ketones is 1. The Morgan fingerprint density at radius 2 is 2.60 bits per heavy atom. The third kappa shape index (κ3) is 3.12. The van der Waals surface area contributed by atoms with E-state index in [0.717, 1.165) is 30.8 Å². The lowest BCUT2D eigenvalue weighted by Gasteiger charge is -2.22. The summed E-state index contributed by atoms with van der Waals surface area (Å²) >= 11 is 1.47. The molecule has 4 heteroatoms. The SMILES string of the molecule is O=C(CO[C@@H]1CCCNC1)c1cccs1. The van der Waals surface area contributed by atoms with Gasteiger partial charge in [-0.1, -0.05) is 6.07 Å². The molecule has 0 aromatic carbocycles. The number of carbonyl (C=O) groups is 1. The van der Waals surface area contributed by atoms with Gasteiger partial charge >= 0.3 is 0 Å². The van der Waals surface area contributed by atoms with Gasteiger partial charge in [-0.25, -0.2) is 0 Å². The molecule has 2 heterocycles. The maximum atomic E-state index is 11.6. The zero-order valence-electron chi connectivity index (χ0n) is 8.57. The number of nitrogens with one attached hydrogen (secondary N) is 1. The number of hydrogen-bond acceptors (Lipinski definition) is 4. The molecule has 1 aromatic rings. The van der Waals surface area contributed by atoms with Gasteiger partial charge in [0.2, 0.25) is 0 Å². The van der Waals surface area contributed by atoms with Gasteiger partial charge in [0.15, 0.2) is 5.78 Å². The molecule has 0 radical (unpaired) electrons. The average molecular weight is 225 g/mol. The number of Topliss-reactive ketones (excluding diaryl/α,β-unsaturated/α-hetero) is 1. The van der Waals surface area contributed by atoms with E-state index in [1.807, 2.05) is 17.5 Å². The van der Waals surface area contributed by atoms with E-state index in [0.29, 0.717) is 0 Å². The van der Waals surface area contributed by atoms with Gasteiger partial charge in [0.25, 0.3) is 0 Å². The second kappa shape index (κ2) is 5.39. The van der Waals surface area contributed by atoms with Gasteiger partial charge in [-0.15, -0.1) is 11.3 Å². The van der Waals surface area contributed by atoms with E-state index >= 15 is 0 Å². The van der Waals surface area contributed by atoms with E-state index in [4.69, 9.17) is 4.74 Å². The smallest absolute Gasteiger partial charge is 0.198 e. The highest BCUT2D eigenvalue weighted by molar-refractivity contribution is 7.12. The van der Waals surface area contributed by atoms with E-state index in [9.17, 15) is 4.79 Å². The van der Waals surface area contributed by atoms with Crippen LogP contribution in [0.5, 0.6) is 0 Å². The highest BCUT2D eigenvalue weighted by Crippen LogP contribution is 2.11. The predicted octanol–water partition coefficient (Wildman–Crippen LogP) is 1.70. The maximum Gasteiger partial charge on any atom is 0.198 e. The van der Waals surface area contributed by atoms with Crippen LogP contribution in [0.25, 0.3) is 0 Å². The molecule has 1 aromatic heterocycles. The first-order valence-corrected chi connectivity index (χ1v) is 6.13. The Kier molecular flexibility index (Phi) is 3.88. The summed E-state index contributed by atoms with van der Waals surface area (Å²) in [6.07, 6.45) is 2.41. The maximum absolute atomic E-state index is 11.6. The second-order valence-corrected chi connectivity index (χ2v) is 4.63. The quantitative estimate of drug-likeness (QED) is 0.793. The standard InChI is InChI=1S/C11H15NO2S/c13-10(11-4-2-6-15-11)8-14-9-3-1-5-12-7-9/h2,4,6,9,12H,1,3,5,7-8H2/t9-/m1/s1. The third-order valence-electron chi connectivity index (χ3n) is 2.50. The molecule has 15 heavy (non-hydrogen) atoms. The van der Waals surface area contributed by atoms with Crippen molar-refractivity contribution in [2.45, 2.75) is 18.9 Å². The fourth-order valence-electron chi connectivity index (χ4n) is 1.66. The minimum Gasteiger partial charge on any atom is -0.369 e. The van der Waals surface area contributed by atoms with Crippen molar-refractivity contribution >= 4 is 17.1 Å². The Hall–Kier alpha value is -0.710. The van der Waals surface area contributed by atoms with Crippen LogP contribution < -0.4 is 5.32 Å². The Balaban J connectivity index is 1.75. The van der Waals surface area contributed by atoms with Gasteiger partial charge < -0.3 is 10.1 Å². The van der Waals surface area contributed by atoms with E-state index < -0.39 is 0 Å². The van der Waals surface area contributed by atoms with Crippen LogP contribution in [0.1, 0.15) is 22.5 Å². The van der Waals surface area contributed by atoms with Gasteiger partial charge in [-0.3, -0.25) is 4.79 Å². The zero-order chi connectivity index (χ0) is 10.5. The topological polar surface area (TPSA) is 38.3 Å². The van der Waals surface area contributed by atoms with Crippen LogP contribution in [0, 0.1) is 0 Å². The average Bonchev–Trinajstić information content (AvgIpc) is 2.81. The van der Waals surface area contributed by atoms with Gasteiger partial charge in [0.05, 0.1) is 11.0 Å². The Bertz CT molecular complexity index is 304. The second-order valence-electron chi connectivity index (χ2n) is 3.68. The summed E-state index contributed by atoms with van der Waals surface area (Å²) in [6, 6.07) is 3.73. The lowest BCUT2D eigenvalue weighted by molar-refractivity contribution is 0.0350. The molecule has 0 aliphatic carbocycles. The number of carbonyl (C=O) groups excluding carboxylic acids is 1. The summed E-state index contributed by atoms with van der Waals surface area (Å²) in [5.74, 6) is 0.0931. The minimum absolute atomic E-state index is 0.0931. The monoisotopic (exact) mass is 225 g/mol. The molecule has 1 saturated heterocycles. The molecular formula is C11H15NO2S. The molecule has 2 rings (SSSR count). The van der Waals surface area contributed by atoms with E-state index in [1.165, 1.54) is 11.3 Å². The van der Waals surface area contributed by atoms with Gasteiger partial charge in [0.1, 0.15) is 6.61 Å². The van der Waals surface area contributed by atoms with Crippen molar-refractivity contribution in [2.24, 2.45) is 0 Å². The van der Waals surface area contributed by atoms with Crippen molar-refractivity contribution in [2.75, 3.05) is 19.7 Å². The minimum atomic E-state index is 0.0931. The number of hydrogen-bond donors (Lipinski definition) is 1. The van der Waals surface area contributed by atoms with E-state index in [-0.39, 0.29) is 18.5 Å². The Labute approximate surface area is 93.4 Å². The molecule has 0 saturated carbocycles. The van der Waals surface area contributed by atoms with E-state index in [1.54, 1.807) is 0 Å². The molecule has 0 amide bonds. The van der Waals surface area contributed by atoms with Crippen molar-refractivity contribution < 1.29 is 9.53 Å². The molecule has 0 bridgehead atoms. The first-order valence-electron chi connectivity index (χ1n) is 5.25. The number of rotatable bonds is 4. The molecule has 3 nitrogen and oxygen atoms in total. The van der Waals surface area contributed by atoms with E-state index in [2.05, 4.69) is 5.32 Å². The van der Waals surface area contributed by atoms with Crippen molar-refractivity contribution in [3.8, 4) is 0 Å². The Morgan fingerprint density at radius 1 is 1.67 bits per heavy atom. The third-order valence-corrected chi connectivity index (χ3v) is 3.41. The zero-order valence-corrected chi connectivity index (χ0v) is 9.39. The first kappa shape index (κ1) is 10.8. The van der Waals surface area contributed by atoms with Gasteiger partial charge in [-0.05, 0) is 30.8 Å². The van der Waals surface area contributed by atoms with Crippen LogP contribution in [0.3, 0.4) is 0 Å². The summed E-state index contributed by atoms with van der Waals surface area (Å²) in [7, 11) is 0. The molecular weight excluding hydrogens is 210 g/mol. The molecule has 1 N–H and O–H groups in total. The van der Waals surface area contributed by atoms with Crippen molar-refractivity contribution in [3.05, 3.63) is 22.4 Å². The van der Waals surface area contributed by atoms with Crippen LogP contribution >= 0.6 is 11.3 Å². The first-order chi connectivity index (χ1) is 7.36. The lowest BCUT2D eigenvalue weighted by Crippen LogP contribution is -2.36. The largest absolute Gasteiger partial charge is 0.369 e. The van der Waals surface area contributed by atoms with Crippen molar-refractivity contribution in [1.82, 2.24) is 5.32 Å². The fraction of sp³-hybridized carbons (Fsp3) is 0.545.